The highest BCUT2D eigenvalue weighted by Crippen LogP contribution is 2.23. The van der Waals surface area contributed by atoms with Crippen molar-refractivity contribution in [1.29, 1.82) is 0 Å². The molecule has 19 heavy (non-hydrogen) atoms. The highest BCUT2D eigenvalue weighted by atomic mass is 16.5. The number of nitrogens with two attached hydrogens (primary N) is 1. The van der Waals surface area contributed by atoms with Crippen LogP contribution in [-0.4, -0.2) is 16.4 Å². The molecule has 1 aromatic carbocycles. The number of aromatic nitrogens is 2. The number of benzene rings is 1. The number of anilines is 1. The Hall–Kier alpha value is -1.97. The number of nitrogen functional groups attached to an aromatic ring is 1. The van der Waals surface area contributed by atoms with Gasteiger partial charge >= 0.3 is 0 Å². The lowest BCUT2D eigenvalue weighted by atomic mass is 10.1. The molecule has 2 N–H and O–H groups in total. The minimum atomic E-state index is 0.119. The van der Waals surface area contributed by atoms with Crippen molar-refractivity contribution in [2.75, 3.05) is 12.3 Å². The van der Waals surface area contributed by atoms with Crippen molar-refractivity contribution in [2.45, 2.75) is 33.2 Å². The van der Waals surface area contributed by atoms with Gasteiger partial charge in [-0.15, -0.1) is 0 Å². The minimum Gasteiger partial charge on any atom is -0.494 e. The van der Waals surface area contributed by atoms with E-state index in [1.165, 1.54) is 5.56 Å². The van der Waals surface area contributed by atoms with E-state index in [9.17, 15) is 0 Å². The standard InChI is InChI=1S/C15H21N3O/c1-4-9-19-14-7-5-13(6-8-14)12(3)18-15(16)10-11(2)17-18/h5-8,10,12H,4,9,16H2,1-3H3. The zero-order valence-corrected chi connectivity index (χ0v) is 11.8. The van der Waals surface area contributed by atoms with Gasteiger partial charge < -0.3 is 10.5 Å². The molecule has 4 heteroatoms. The Labute approximate surface area is 114 Å². The molecule has 1 atom stereocenters. The molecule has 0 fully saturated rings. The summed E-state index contributed by atoms with van der Waals surface area (Å²) in [7, 11) is 0. The van der Waals surface area contributed by atoms with Gasteiger partial charge in [0.1, 0.15) is 11.6 Å². The zero-order chi connectivity index (χ0) is 13.8. The number of hydrogen-bond donors (Lipinski definition) is 1. The van der Waals surface area contributed by atoms with Gasteiger partial charge in [-0.1, -0.05) is 19.1 Å². The second kappa shape index (κ2) is 5.78. The smallest absolute Gasteiger partial charge is 0.122 e. The summed E-state index contributed by atoms with van der Waals surface area (Å²) in [5.41, 5.74) is 8.05. The van der Waals surface area contributed by atoms with Crippen LogP contribution in [0.3, 0.4) is 0 Å². The van der Waals surface area contributed by atoms with Crippen molar-refractivity contribution in [3.63, 3.8) is 0 Å². The van der Waals surface area contributed by atoms with Crippen molar-refractivity contribution in [3.8, 4) is 5.75 Å². The number of nitrogens with zero attached hydrogens (tertiary/aromatic N) is 2. The lowest BCUT2D eigenvalue weighted by Crippen LogP contribution is -2.11. The van der Waals surface area contributed by atoms with Gasteiger partial charge in [0, 0.05) is 6.07 Å². The molecule has 0 saturated carbocycles. The topological polar surface area (TPSA) is 53.1 Å². The highest BCUT2D eigenvalue weighted by Gasteiger charge is 2.12. The normalized spacial score (nSPS) is 12.4. The maximum atomic E-state index is 5.95. The maximum Gasteiger partial charge on any atom is 0.122 e. The second-order valence-electron chi connectivity index (χ2n) is 4.75. The summed E-state index contributed by atoms with van der Waals surface area (Å²) in [5, 5.41) is 4.42. The molecular weight excluding hydrogens is 238 g/mol. The summed E-state index contributed by atoms with van der Waals surface area (Å²) in [4.78, 5) is 0. The first-order chi connectivity index (χ1) is 9.11. The number of rotatable bonds is 5. The molecule has 2 aromatic rings. The fraction of sp³-hybridized carbons (Fsp3) is 0.400. The van der Waals surface area contributed by atoms with Crippen LogP contribution in [0.2, 0.25) is 0 Å². The van der Waals surface area contributed by atoms with Crippen LogP contribution >= 0.6 is 0 Å². The summed E-state index contributed by atoms with van der Waals surface area (Å²) < 4.78 is 7.42. The molecule has 0 aliphatic heterocycles. The summed E-state index contributed by atoms with van der Waals surface area (Å²) in [6, 6.07) is 10.1. The van der Waals surface area contributed by atoms with Gasteiger partial charge in [0.25, 0.3) is 0 Å². The third-order valence-electron chi connectivity index (χ3n) is 3.09. The van der Waals surface area contributed by atoms with Gasteiger partial charge in [-0.3, -0.25) is 0 Å². The van der Waals surface area contributed by atoms with Crippen molar-refractivity contribution in [2.24, 2.45) is 0 Å². The monoisotopic (exact) mass is 259 g/mol. The first-order valence-electron chi connectivity index (χ1n) is 6.66. The molecule has 0 radical (unpaired) electrons. The fourth-order valence-electron chi connectivity index (χ4n) is 2.05. The Kier molecular flexibility index (Phi) is 4.10. The van der Waals surface area contributed by atoms with E-state index in [0.29, 0.717) is 5.82 Å². The summed E-state index contributed by atoms with van der Waals surface area (Å²) in [6.45, 7) is 6.88. The average Bonchev–Trinajstić information content (AvgIpc) is 2.75. The fourth-order valence-corrected chi connectivity index (χ4v) is 2.05. The summed E-state index contributed by atoms with van der Waals surface area (Å²) >= 11 is 0. The third kappa shape index (κ3) is 3.08. The molecule has 0 bridgehead atoms. The first-order valence-corrected chi connectivity index (χ1v) is 6.66. The van der Waals surface area contributed by atoms with Gasteiger partial charge in [-0.05, 0) is 38.0 Å². The molecule has 1 aromatic heterocycles. The van der Waals surface area contributed by atoms with E-state index in [1.54, 1.807) is 0 Å². The van der Waals surface area contributed by atoms with Gasteiger partial charge in [-0.25, -0.2) is 4.68 Å². The van der Waals surface area contributed by atoms with Gasteiger partial charge in [0.2, 0.25) is 0 Å². The SMILES string of the molecule is CCCOc1ccc(C(C)n2nc(C)cc2N)cc1. The van der Waals surface area contributed by atoms with E-state index < -0.39 is 0 Å². The molecule has 1 heterocycles. The van der Waals surface area contributed by atoms with Gasteiger partial charge in [0.05, 0.1) is 18.3 Å². The van der Waals surface area contributed by atoms with E-state index in [-0.39, 0.29) is 6.04 Å². The van der Waals surface area contributed by atoms with E-state index in [1.807, 2.05) is 29.8 Å². The van der Waals surface area contributed by atoms with Crippen LogP contribution in [0.1, 0.15) is 37.6 Å². The molecule has 0 aliphatic rings. The van der Waals surface area contributed by atoms with Gasteiger partial charge in [0.15, 0.2) is 0 Å². The number of aryl methyl sites for hydroxylation is 1. The van der Waals surface area contributed by atoms with Crippen LogP contribution < -0.4 is 10.5 Å². The number of hydrogen-bond acceptors (Lipinski definition) is 3. The van der Waals surface area contributed by atoms with Crippen LogP contribution in [0.5, 0.6) is 5.75 Å². The molecule has 4 nitrogen and oxygen atoms in total. The Morgan fingerprint density at radius 2 is 2.00 bits per heavy atom. The Morgan fingerprint density at radius 1 is 1.32 bits per heavy atom. The van der Waals surface area contributed by atoms with Crippen LogP contribution in [0.25, 0.3) is 0 Å². The third-order valence-corrected chi connectivity index (χ3v) is 3.09. The Balaban J connectivity index is 2.15. The molecule has 102 valence electrons. The molecule has 1 unspecified atom stereocenters. The second-order valence-corrected chi connectivity index (χ2v) is 4.75. The van der Waals surface area contributed by atoms with Crippen LogP contribution in [0.15, 0.2) is 30.3 Å². The van der Waals surface area contributed by atoms with Crippen molar-refractivity contribution >= 4 is 5.82 Å². The van der Waals surface area contributed by atoms with Crippen molar-refractivity contribution < 1.29 is 4.74 Å². The quantitative estimate of drug-likeness (QED) is 0.897. The highest BCUT2D eigenvalue weighted by molar-refractivity contribution is 5.35. The lowest BCUT2D eigenvalue weighted by molar-refractivity contribution is 0.317. The summed E-state index contributed by atoms with van der Waals surface area (Å²) in [5.74, 6) is 1.60. The van der Waals surface area contributed by atoms with E-state index in [0.717, 1.165) is 24.5 Å². The van der Waals surface area contributed by atoms with Crippen LogP contribution in [0, 0.1) is 6.92 Å². The number of ether oxygens (including phenoxy) is 1. The largest absolute Gasteiger partial charge is 0.494 e. The Bertz CT molecular complexity index is 531. The molecule has 0 saturated heterocycles. The molecule has 0 aliphatic carbocycles. The maximum absolute atomic E-state index is 5.95. The van der Waals surface area contributed by atoms with E-state index >= 15 is 0 Å². The molecule has 0 amide bonds. The summed E-state index contributed by atoms with van der Waals surface area (Å²) in [6.07, 6.45) is 1.02. The van der Waals surface area contributed by atoms with Crippen molar-refractivity contribution in [3.05, 3.63) is 41.6 Å². The van der Waals surface area contributed by atoms with Crippen LogP contribution in [-0.2, 0) is 0 Å². The predicted octanol–water partition coefficient (Wildman–Crippen LogP) is 3.17. The molecular formula is C15H21N3O. The van der Waals surface area contributed by atoms with E-state index in [4.69, 9.17) is 10.5 Å². The zero-order valence-electron chi connectivity index (χ0n) is 11.8. The van der Waals surface area contributed by atoms with E-state index in [2.05, 4.69) is 31.1 Å². The van der Waals surface area contributed by atoms with Crippen LogP contribution in [0.4, 0.5) is 5.82 Å². The minimum absolute atomic E-state index is 0.119. The average molecular weight is 259 g/mol. The molecule has 2 rings (SSSR count). The lowest BCUT2D eigenvalue weighted by Gasteiger charge is -2.15. The van der Waals surface area contributed by atoms with Crippen molar-refractivity contribution in [1.82, 2.24) is 9.78 Å². The first kappa shape index (κ1) is 13.5. The predicted molar refractivity (Wildman–Crippen MR) is 77.4 cm³/mol. The van der Waals surface area contributed by atoms with Gasteiger partial charge in [-0.2, -0.15) is 5.10 Å². The molecule has 0 spiro atoms. The Morgan fingerprint density at radius 3 is 2.53 bits per heavy atom.